The zero-order valence-electron chi connectivity index (χ0n) is 27.8. The van der Waals surface area contributed by atoms with E-state index >= 15 is 0 Å². The molecule has 0 fully saturated rings. The van der Waals surface area contributed by atoms with E-state index in [0.29, 0.717) is 0 Å². The monoisotopic (exact) mass is 728 g/mol. The minimum absolute atomic E-state index is 0.0127. The minimum atomic E-state index is -5.68. The standard InChI is InChI=1S/C21H27.C6H5.C6H11.C5H5.2CH3.CH2.Hf/c1-19(2,3)21(20(4,5)6)12-11-18-16(14-21)13-15-9-7-8-10-17(15)18;1-2-4-6-5-3-1;1-3-5-6-4-2;1-2-4-5-3-1;;;;/h7-13H,14H2,1-6H3;1-5H;3H,1-2,4-6H2;1-5H;2*1H3;1H2;. The van der Waals surface area contributed by atoms with E-state index in [2.05, 4.69) is 155 Å². The van der Waals surface area contributed by atoms with Crippen LogP contribution in [0.25, 0.3) is 5.57 Å². The molecule has 0 spiro atoms. The second kappa shape index (κ2) is 8.97. The van der Waals surface area contributed by atoms with E-state index in [4.69, 9.17) is 4.26 Å². The molecule has 0 N–H and O–H groups in total. The predicted octanol–water partition coefficient (Wildman–Crippen LogP) is 11.8. The van der Waals surface area contributed by atoms with Crippen molar-refractivity contribution in [1.29, 1.82) is 0 Å². The fraction of sp³-hybridized carbons (Fsp3) is 0.439. The van der Waals surface area contributed by atoms with E-state index in [0.717, 1.165) is 29.9 Å². The van der Waals surface area contributed by atoms with Crippen molar-refractivity contribution >= 4 is 13.2 Å². The fourth-order valence-electron chi connectivity index (χ4n) is 10.8. The maximum atomic E-state index is 5.97. The zero-order valence-corrected chi connectivity index (χ0v) is 31.4. The molecule has 0 radical (unpaired) electrons. The number of unbranched alkanes of at least 4 members (excludes halogenated alkanes) is 2. The van der Waals surface area contributed by atoms with Crippen molar-refractivity contribution in [3.63, 3.8) is 0 Å². The van der Waals surface area contributed by atoms with Crippen LogP contribution in [0.2, 0.25) is 17.2 Å². The van der Waals surface area contributed by atoms with Crippen molar-refractivity contribution in [2.45, 2.75) is 88.1 Å². The van der Waals surface area contributed by atoms with Gasteiger partial charge in [0, 0.05) is 0 Å². The third-order valence-corrected chi connectivity index (χ3v) is 57.1. The zero-order chi connectivity index (χ0) is 30.8. The maximum absolute atomic E-state index is 5.97. The van der Waals surface area contributed by atoms with Crippen molar-refractivity contribution in [2.24, 2.45) is 16.2 Å². The summed E-state index contributed by atoms with van der Waals surface area (Å²) in [6.45, 7) is 18.8. The Hall–Kier alpha value is -2.12. The van der Waals surface area contributed by atoms with Gasteiger partial charge in [-0.1, -0.05) is 0 Å². The van der Waals surface area contributed by atoms with Gasteiger partial charge < -0.3 is 0 Å². The van der Waals surface area contributed by atoms with Gasteiger partial charge in [0.25, 0.3) is 0 Å². The van der Waals surface area contributed by atoms with Gasteiger partial charge in [0.05, 0.1) is 0 Å². The Morgan fingerprint density at radius 1 is 0.857 bits per heavy atom. The van der Waals surface area contributed by atoms with E-state index in [1.54, 1.807) is 5.57 Å². The summed E-state index contributed by atoms with van der Waals surface area (Å²) in [5.41, 5.74) is 6.26. The van der Waals surface area contributed by atoms with Crippen LogP contribution in [-0.2, 0) is 15.1 Å². The number of allylic oxidation sites excluding steroid dienone is 9. The van der Waals surface area contributed by atoms with Gasteiger partial charge in [-0.15, -0.1) is 0 Å². The van der Waals surface area contributed by atoms with Gasteiger partial charge >= 0.3 is 253 Å². The molecule has 0 saturated carbocycles. The van der Waals surface area contributed by atoms with E-state index in [1.165, 1.54) is 20.0 Å². The van der Waals surface area contributed by atoms with Crippen molar-refractivity contribution in [1.82, 2.24) is 0 Å². The molecule has 1 unspecified atom stereocenters. The Morgan fingerprint density at radius 2 is 1.45 bits per heavy atom. The first-order valence-electron chi connectivity index (χ1n) is 16.5. The molecule has 2 aromatic rings. The van der Waals surface area contributed by atoms with Crippen LogP contribution in [0, 0.1) is 16.2 Å². The Labute approximate surface area is 251 Å². The summed E-state index contributed by atoms with van der Waals surface area (Å²) in [4.78, 5) is 0. The molecule has 0 nitrogen and oxygen atoms in total. The van der Waals surface area contributed by atoms with Gasteiger partial charge in [-0.3, -0.25) is 0 Å². The Bertz CT molecular complexity index is 1640. The molecule has 0 bridgehead atoms. The Morgan fingerprint density at radius 3 is 2.05 bits per heavy atom. The van der Waals surface area contributed by atoms with E-state index in [9.17, 15) is 0 Å². The molecule has 0 saturated heterocycles. The molecular weight excluding hydrogens is 671 g/mol. The molecule has 1 heteroatoms. The average Bonchev–Trinajstić information content (AvgIpc) is 3.59. The van der Waals surface area contributed by atoms with Crippen LogP contribution >= 0.6 is 0 Å². The molecule has 2 aromatic carbocycles. The first-order valence-corrected chi connectivity index (χ1v) is 34.7. The van der Waals surface area contributed by atoms with Gasteiger partial charge in [-0.25, -0.2) is 0 Å². The van der Waals surface area contributed by atoms with Crippen LogP contribution in [0.1, 0.15) is 82.0 Å². The normalized spacial score (nSPS) is 22.7. The fourth-order valence-corrected chi connectivity index (χ4v) is 50.1. The van der Waals surface area contributed by atoms with Crippen molar-refractivity contribution in [3.8, 4) is 0 Å². The molecule has 0 heterocycles. The van der Waals surface area contributed by atoms with Crippen LogP contribution in [-0.4, -0.2) is 4.26 Å². The van der Waals surface area contributed by atoms with Crippen molar-refractivity contribution in [2.75, 3.05) is 0 Å². The predicted molar refractivity (Wildman–Crippen MR) is 187 cm³/mol. The molecule has 42 heavy (non-hydrogen) atoms. The molecule has 0 aliphatic heterocycles. The average molecular weight is 727 g/mol. The summed E-state index contributed by atoms with van der Waals surface area (Å²) in [5, 5.41) is 0. The number of hydrogen-bond donors (Lipinski definition) is 0. The van der Waals surface area contributed by atoms with Gasteiger partial charge in [0.15, 0.2) is 0 Å². The molecule has 0 amide bonds. The molecule has 224 valence electrons. The summed E-state index contributed by atoms with van der Waals surface area (Å²) in [6.07, 6.45) is 21.3. The molecule has 5 rings (SSSR count). The molecule has 3 aliphatic rings. The molecule has 0 aromatic heterocycles. The molecule has 1 atom stereocenters. The first kappa shape index (κ1) is 31.3. The molecular formula is C41H56Hf. The number of fused-ring (bicyclic) bond motifs is 2. The number of rotatable bonds is 8. The summed E-state index contributed by atoms with van der Waals surface area (Å²) in [6, 6.07) is 21.0. The van der Waals surface area contributed by atoms with E-state index < -0.39 is 15.1 Å². The summed E-state index contributed by atoms with van der Waals surface area (Å²) >= 11 is -5.68. The summed E-state index contributed by atoms with van der Waals surface area (Å²) in [7, 11) is 0. The quantitative estimate of drug-likeness (QED) is 0.144. The molecule has 3 aliphatic carbocycles. The van der Waals surface area contributed by atoms with Gasteiger partial charge in [-0.2, -0.15) is 0 Å². The van der Waals surface area contributed by atoms with Crippen molar-refractivity contribution in [3.05, 3.63) is 120 Å². The third-order valence-electron chi connectivity index (χ3n) is 13.5. The van der Waals surface area contributed by atoms with Gasteiger partial charge in [-0.05, 0) is 0 Å². The SMILES string of the molecule is C=CCCC[CH2][Hf](=[CH2])([CH3])([CH3])([c]1ccccc1)([CH]1C=CC=C1)[CH]1C2=C(C=CC(C(C)(C)C)(C(C)(C)C)C2)c2ccccc21. The summed E-state index contributed by atoms with van der Waals surface area (Å²) < 4.78 is 14.7. The van der Waals surface area contributed by atoms with Gasteiger partial charge in [0.1, 0.15) is 0 Å². The Balaban J connectivity index is 1.95. The number of benzene rings is 2. The van der Waals surface area contributed by atoms with Gasteiger partial charge in [0.2, 0.25) is 0 Å². The van der Waals surface area contributed by atoms with Crippen LogP contribution < -0.4 is 3.32 Å². The first-order chi connectivity index (χ1) is 19.4. The van der Waals surface area contributed by atoms with Crippen molar-refractivity contribution < 1.29 is 15.1 Å². The summed E-state index contributed by atoms with van der Waals surface area (Å²) in [5.74, 6) is 0. The van der Waals surface area contributed by atoms with E-state index in [-0.39, 0.29) is 23.6 Å². The number of hydrogen-bond acceptors (Lipinski definition) is 0. The second-order valence-electron chi connectivity index (χ2n) is 18.6. The second-order valence-corrected chi connectivity index (χ2v) is 66.0. The van der Waals surface area contributed by atoms with Crippen LogP contribution in [0.15, 0.2) is 109 Å². The van der Waals surface area contributed by atoms with Crippen LogP contribution in [0.3, 0.4) is 0 Å². The van der Waals surface area contributed by atoms with Crippen LogP contribution in [0.4, 0.5) is 0 Å². The third kappa shape index (κ3) is 3.90. The van der Waals surface area contributed by atoms with Crippen LogP contribution in [0.5, 0.6) is 0 Å². The van der Waals surface area contributed by atoms with E-state index in [1.807, 2.05) is 0 Å². The Kier molecular flexibility index (Phi) is 6.68. The topological polar surface area (TPSA) is 0 Å².